The molecule has 0 radical (unpaired) electrons. The third-order valence-electron chi connectivity index (χ3n) is 2.14. The lowest BCUT2D eigenvalue weighted by Gasteiger charge is -2.16. The Labute approximate surface area is 82.2 Å². The summed E-state index contributed by atoms with van der Waals surface area (Å²) >= 11 is 0. The molecule has 0 spiro atoms. The molecule has 1 rings (SSSR count). The van der Waals surface area contributed by atoms with Crippen molar-refractivity contribution in [1.82, 2.24) is 0 Å². The van der Waals surface area contributed by atoms with Crippen LogP contribution in [0.25, 0.3) is 0 Å². The van der Waals surface area contributed by atoms with Gasteiger partial charge in [-0.1, -0.05) is 0 Å². The number of aliphatic hydroxyl groups is 1. The lowest BCUT2D eigenvalue weighted by Crippen LogP contribution is -2.37. The van der Waals surface area contributed by atoms with Gasteiger partial charge in [0, 0.05) is 6.42 Å². The number of aryl methyl sites for hydroxylation is 2. The van der Waals surface area contributed by atoms with Crippen LogP contribution in [0, 0.1) is 13.8 Å². The van der Waals surface area contributed by atoms with E-state index in [2.05, 4.69) is 0 Å². The van der Waals surface area contributed by atoms with Crippen LogP contribution in [0.4, 0.5) is 0 Å². The number of hydrogen-bond acceptors (Lipinski definition) is 3. The zero-order valence-corrected chi connectivity index (χ0v) is 8.50. The largest absolute Gasteiger partial charge is 0.479 e. The maximum atomic E-state index is 10.7. The van der Waals surface area contributed by atoms with Gasteiger partial charge in [0.2, 0.25) is 0 Å². The Kier molecular flexibility index (Phi) is 2.66. The van der Waals surface area contributed by atoms with Gasteiger partial charge in [-0.25, -0.2) is 4.79 Å². The van der Waals surface area contributed by atoms with Crippen molar-refractivity contribution < 1.29 is 19.4 Å². The molecule has 0 saturated heterocycles. The van der Waals surface area contributed by atoms with E-state index in [0.29, 0.717) is 5.76 Å². The number of rotatable bonds is 3. The molecule has 0 bridgehead atoms. The van der Waals surface area contributed by atoms with Crippen molar-refractivity contribution in [2.75, 3.05) is 0 Å². The standard InChI is InChI=1S/C10H14O4/c1-6-4-8(7(2)14-6)5-10(3,13)9(11)12/h4,13H,5H2,1-3H3,(H,11,12). The number of aliphatic carboxylic acids is 1. The zero-order valence-electron chi connectivity index (χ0n) is 8.50. The minimum absolute atomic E-state index is 0.0610. The average molecular weight is 198 g/mol. The Morgan fingerprint density at radius 2 is 2.14 bits per heavy atom. The maximum Gasteiger partial charge on any atom is 0.335 e. The Bertz CT molecular complexity index is 349. The van der Waals surface area contributed by atoms with Crippen molar-refractivity contribution in [2.24, 2.45) is 0 Å². The first-order chi connectivity index (χ1) is 6.33. The van der Waals surface area contributed by atoms with Gasteiger partial charge < -0.3 is 14.6 Å². The minimum Gasteiger partial charge on any atom is -0.479 e. The molecule has 1 unspecified atom stereocenters. The van der Waals surface area contributed by atoms with Crippen LogP contribution in [0.1, 0.15) is 24.0 Å². The number of carboxylic acids is 1. The van der Waals surface area contributed by atoms with Gasteiger partial charge in [-0.15, -0.1) is 0 Å². The molecule has 14 heavy (non-hydrogen) atoms. The summed E-state index contributed by atoms with van der Waals surface area (Å²) in [5.74, 6) is 0.151. The Balaban J connectivity index is 2.88. The molecule has 0 amide bonds. The average Bonchev–Trinajstić information content (AvgIpc) is 2.29. The summed E-state index contributed by atoms with van der Waals surface area (Å²) < 4.78 is 5.24. The van der Waals surface area contributed by atoms with Crippen molar-refractivity contribution in [3.05, 3.63) is 23.2 Å². The van der Waals surface area contributed by atoms with Gasteiger partial charge in [-0.2, -0.15) is 0 Å². The molecule has 1 heterocycles. The molecule has 1 aromatic rings. The van der Waals surface area contributed by atoms with E-state index < -0.39 is 11.6 Å². The van der Waals surface area contributed by atoms with E-state index in [4.69, 9.17) is 9.52 Å². The fourth-order valence-corrected chi connectivity index (χ4v) is 1.31. The predicted octanol–water partition coefficient (Wildman–Crippen LogP) is 1.27. The first-order valence-electron chi connectivity index (χ1n) is 4.34. The van der Waals surface area contributed by atoms with Gasteiger partial charge in [0.25, 0.3) is 0 Å². The predicted molar refractivity (Wildman–Crippen MR) is 50.1 cm³/mol. The maximum absolute atomic E-state index is 10.7. The van der Waals surface area contributed by atoms with E-state index in [-0.39, 0.29) is 6.42 Å². The second-order valence-corrected chi connectivity index (χ2v) is 3.69. The van der Waals surface area contributed by atoms with Crippen LogP contribution in [0.2, 0.25) is 0 Å². The van der Waals surface area contributed by atoms with Gasteiger partial charge in [-0.3, -0.25) is 0 Å². The fraction of sp³-hybridized carbons (Fsp3) is 0.500. The molecular weight excluding hydrogens is 184 g/mol. The SMILES string of the molecule is Cc1cc(CC(C)(O)C(=O)O)c(C)o1. The molecule has 1 atom stereocenters. The van der Waals surface area contributed by atoms with Crippen LogP contribution in [0.5, 0.6) is 0 Å². The number of furan rings is 1. The normalized spacial score (nSPS) is 15.1. The quantitative estimate of drug-likeness (QED) is 0.767. The molecule has 2 N–H and O–H groups in total. The summed E-state index contributed by atoms with van der Waals surface area (Å²) in [4.78, 5) is 10.7. The Morgan fingerprint density at radius 3 is 2.50 bits per heavy atom. The summed E-state index contributed by atoms with van der Waals surface area (Å²) in [5, 5.41) is 18.3. The summed E-state index contributed by atoms with van der Waals surface area (Å²) in [7, 11) is 0. The second-order valence-electron chi connectivity index (χ2n) is 3.69. The molecule has 1 aromatic heterocycles. The Morgan fingerprint density at radius 1 is 1.57 bits per heavy atom. The second kappa shape index (κ2) is 3.46. The van der Waals surface area contributed by atoms with Crippen LogP contribution in [-0.2, 0) is 11.2 Å². The summed E-state index contributed by atoms with van der Waals surface area (Å²) in [6.45, 7) is 4.81. The van der Waals surface area contributed by atoms with Crippen LogP contribution in [0.15, 0.2) is 10.5 Å². The summed E-state index contributed by atoms with van der Waals surface area (Å²) in [5.41, 5.74) is -1.00. The first-order valence-corrected chi connectivity index (χ1v) is 4.34. The topological polar surface area (TPSA) is 70.7 Å². The smallest absolute Gasteiger partial charge is 0.335 e. The van der Waals surface area contributed by atoms with Gasteiger partial charge in [0.15, 0.2) is 5.60 Å². The van der Waals surface area contributed by atoms with Crippen LogP contribution in [-0.4, -0.2) is 21.8 Å². The van der Waals surface area contributed by atoms with E-state index >= 15 is 0 Å². The van der Waals surface area contributed by atoms with E-state index in [1.54, 1.807) is 19.9 Å². The third kappa shape index (κ3) is 2.14. The Hall–Kier alpha value is -1.29. The van der Waals surface area contributed by atoms with Gasteiger partial charge in [-0.05, 0) is 32.4 Å². The molecule has 0 aliphatic heterocycles. The molecule has 4 heteroatoms. The van der Waals surface area contributed by atoms with Gasteiger partial charge in [0.1, 0.15) is 11.5 Å². The van der Waals surface area contributed by atoms with Crippen molar-refractivity contribution in [2.45, 2.75) is 32.8 Å². The lowest BCUT2D eigenvalue weighted by atomic mass is 9.97. The van der Waals surface area contributed by atoms with Gasteiger partial charge >= 0.3 is 5.97 Å². The van der Waals surface area contributed by atoms with Crippen molar-refractivity contribution >= 4 is 5.97 Å². The highest BCUT2D eigenvalue weighted by Gasteiger charge is 2.31. The molecule has 4 nitrogen and oxygen atoms in total. The van der Waals surface area contributed by atoms with Crippen LogP contribution in [0.3, 0.4) is 0 Å². The third-order valence-corrected chi connectivity index (χ3v) is 2.14. The monoisotopic (exact) mass is 198 g/mol. The van der Waals surface area contributed by atoms with E-state index in [1.807, 2.05) is 0 Å². The van der Waals surface area contributed by atoms with E-state index in [0.717, 1.165) is 11.3 Å². The lowest BCUT2D eigenvalue weighted by molar-refractivity contribution is -0.156. The van der Waals surface area contributed by atoms with Crippen LogP contribution >= 0.6 is 0 Å². The van der Waals surface area contributed by atoms with E-state index in [1.165, 1.54) is 6.92 Å². The number of carbonyl (C=O) groups is 1. The molecular formula is C10H14O4. The summed E-state index contributed by atoms with van der Waals surface area (Å²) in [6.07, 6.45) is 0.0610. The number of hydrogen-bond donors (Lipinski definition) is 2. The fourth-order valence-electron chi connectivity index (χ4n) is 1.31. The van der Waals surface area contributed by atoms with Crippen molar-refractivity contribution in [3.63, 3.8) is 0 Å². The zero-order chi connectivity index (χ0) is 10.9. The molecule has 78 valence electrons. The molecule has 0 fully saturated rings. The van der Waals surface area contributed by atoms with Crippen molar-refractivity contribution in [1.29, 1.82) is 0 Å². The van der Waals surface area contributed by atoms with E-state index in [9.17, 15) is 9.90 Å². The molecule has 0 aliphatic rings. The van der Waals surface area contributed by atoms with Crippen molar-refractivity contribution in [3.8, 4) is 0 Å². The molecule has 0 saturated carbocycles. The molecule has 0 aliphatic carbocycles. The van der Waals surface area contributed by atoms with Gasteiger partial charge in [0.05, 0.1) is 0 Å². The first kappa shape index (κ1) is 10.8. The highest BCUT2D eigenvalue weighted by molar-refractivity contribution is 5.77. The minimum atomic E-state index is -1.74. The molecule has 0 aromatic carbocycles. The highest BCUT2D eigenvalue weighted by Crippen LogP contribution is 2.20. The summed E-state index contributed by atoms with van der Waals surface area (Å²) in [6, 6.07) is 1.74. The van der Waals surface area contributed by atoms with Crippen LogP contribution < -0.4 is 0 Å². The number of carboxylic acid groups (broad SMARTS) is 1. The highest BCUT2D eigenvalue weighted by atomic mass is 16.4.